The van der Waals surface area contributed by atoms with Crippen LogP contribution in [0.3, 0.4) is 0 Å². The summed E-state index contributed by atoms with van der Waals surface area (Å²) < 4.78 is 0. The maximum atomic E-state index is 2.53. The van der Waals surface area contributed by atoms with Crippen LogP contribution in [0.1, 0.15) is 40.0 Å². The van der Waals surface area contributed by atoms with E-state index in [0.717, 1.165) is 17.8 Å². The van der Waals surface area contributed by atoms with Gasteiger partial charge in [0.15, 0.2) is 0 Å². The van der Waals surface area contributed by atoms with E-state index in [1.165, 1.54) is 19.3 Å². The molecule has 1 N–H and O–H groups in total. The van der Waals surface area contributed by atoms with E-state index in [0.29, 0.717) is 0 Å². The van der Waals surface area contributed by atoms with Gasteiger partial charge in [-0.15, -0.1) is 0 Å². The number of hydrogen-bond acceptors (Lipinski definition) is 1. The molecule has 12 heavy (non-hydrogen) atoms. The summed E-state index contributed by atoms with van der Waals surface area (Å²) in [4.78, 5) is 0. The third kappa shape index (κ3) is 4.55. The average Bonchev–Trinajstić information content (AvgIpc) is 1.88. The van der Waals surface area contributed by atoms with Crippen molar-refractivity contribution in [1.82, 2.24) is 0 Å². The van der Waals surface area contributed by atoms with Gasteiger partial charge in [-0.3, -0.25) is 0 Å². The van der Waals surface area contributed by atoms with E-state index < -0.39 is 0 Å². The normalized spacial score (nSPS) is 29.0. The SMILES string of the molecule is CC(C)[C@H]1[CH-]C[C@H](C)CC1.[Li+].[OH-]. The first kappa shape index (κ1) is 15.0. The monoisotopic (exact) mass is 163 g/mol. The van der Waals surface area contributed by atoms with Crippen molar-refractivity contribution < 1.29 is 24.3 Å². The fraction of sp³-hybridized carbons (Fsp3) is 0.900. The molecule has 0 radical (unpaired) electrons. The Morgan fingerprint density at radius 2 is 1.83 bits per heavy atom. The molecule has 1 rings (SSSR count). The van der Waals surface area contributed by atoms with Gasteiger partial charge in [-0.2, -0.15) is 12.3 Å². The third-order valence-corrected chi connectivity index (χ3v) is 2.69. The van der Waals surface area contributed by atoms with Crippen LogP contribution in [0, 0.1) is 24.2 Å². The van der Waals surface area contributed by atoms with Gasteiger partial charge in [-0.25, -0.2) is 0 Å². The van der Waals surface area contributed by atoms with Crippen molar-refractivity contribution in [2.45, 2.75) is 40.0 Å². The second-order valence-electron chi connectivity index (χ2n) is 4.06. The molecule has 2 atom stereocenters. The molecule has 1 aliphatic rings. The Morgan fingerprint density at radius 1 is 1.25 bits per heavy atom. The van der Waals surface area contributed by atoms with Gasteiger partial charge >= 0.3 is 18.9 Å². The molecule has 1 saturated carbocycles. The molecule has 0 aliphatic heterocycles. The Kier molecular flexibility index (Phi) is 8.79. The van der Waals surface area contributed by atoms with Crippen LogP contribution in [0.4, 0.5) is 0 Å². The Labute approximate surface area is 88.8 Å². The fourth-order valence-electron chi connectivity index (χ4n) is 1.73. The predicted octanol–water partition coefficient (Wildman–Crippen LogP) is 0.110. The summed E-state index contributed by atoms with van der Waals surface area (Å²) in [6, 6.07) is 0. The molecule has 0 amide bonds. The zero-order chi connectivity index (χ0) is 7.56. The van der Waals surface area contributed by atoms with Crippen LogP contribution in [-0.2, 0) is 0 Å². The van der Waals surface area contributed by atoms with Crippen LogP contribution in [0.25, 0.3) is 0 Å². The summed E-state index contributed by atoms with van der Waals surface area (Å²) in [6.07, 6.45) is 6.75. The van der Waals surface area contributed by atoms with Crippen LogP contribution < -0.4 is 18.9 Å². The van der Waals surface area contributed by atoms with Crippen LogP contribution in [0.2, 0.25) is 0 Å². The predicted molar refractivity (Wildman–Crippen MR) is 47.6 cm³/mol. The van der Waals surface area contributed by atoms with Crippen molar-refractivity contribution in [1.29, 1.82) is 0 Å². The molecular formula is C10H20LiO-. The van der Waals surface area contributed by atoms with Crippen molar-refractivity contribution in [2.24, 2.45) is 17.8 Å². The van der Waals surface area contributed by atoms with Crippen molar-refractivity contribution >= 4 is 0 Å². The summed E-state index contributed by atoms with van der Waals surface area (Å²) in [5.41, 5.74) is 0. The second-order valence-corrected chi connectivity index (χ2v) is 4.06. The quantitative estimate of drug-likeness (QED) is 0.398. The molecule has 0 bridgehead atoms. The van der Waals surface area contributed by atoms with E-state index >= 15 is 0 Å². The van der Waals surface area contributed by atoms with Crippen LogP contribution in [0.5, 0.6) is 0 Å². The summed E-state index contributed by atoms with van der Waals surface area (Å²) in [5, 5.41) is 0. The average molecular weight is 163 g/mol. The van der Waals surface area contributed by atoms with Crippen LogP contribution in [0.15, 0.2) is 0 Å². The second kappa shape index (κ2) is 7.01. The summed E-state index contributed by atoms with van der Waals surface area (Å²) in [7, 11) is 0. The minimum absolute atomic E-state index is 0. The van der Waals surface area contributed by atoms with Gasteiger partial charge in [0.05, 0.1) is 0 Å². The third-order valence-electron chi connectivity index (χ3n) is 2.69. The van der Waals surface area contributed by atoms with Gasteiger partial charge in [-0.1, -0.05) is 45.4 Å². The molecular weight excluding hydrogens is 143 g/mol. The summed E-state index contributed by atoms with van der Waals surface area (Å²) >= 11 is 0. The topological polar surface area (TPSA) is 30.0 Å². The maximum Gasteiger partial charge on any atom is 1.00 e. The molecule has 1 fully saturated rings. The minimum atomic E-state index is 0. The number of hydrogen-bond donors (Lipinski definition) is 0. The molecule has 0 aromatic heterocycles. The van der Waals surface area contributed by atoms with Crippen molar-refractivity contribution in [3.63, 3.8) is 0 Å². The zero-order valence-electron chi connectivity index (χ0n) is 8.88. The van der Waals surface area contributed by atoms with E-state index in [2.05, 4.69) is 27.2 Å². The first-order valence-corrected chi connectivity index (χ1v) is 4.53. The Hall–Kier alpha value is 0.557. The smallest absolute Gasteiger partial charge is 0.870 e. The Balaban J connectivity index is 0. The first-order valence-electron chi connectivity index (χ1n) is 4.53. The first-order chi connectivity index (χ1) is 4.70. The van der Waals surface area contributed by atoms with Crippen LogP contribution >= 0.6 is 0 Å². The van der Waals surface area contributed by atoms with Gasteiger partial charge in [0, 0.05) is 0 Å². The molecule has 68 valence electrons. The molecule has 0 aromatic rings. The van der Waals surface area contributed by atoms with Crippen molar-refractivity contribution in [3.05, 3.63) is 6.42 Å². The standard InChI is InChI=1S/C10H19.Li.H2O/c1-8(2)10-6-4-9(3)5-7-10;;/h6,8-10H,4-5,7H2,1-3H3;;1H2/q-1;+1;/p-1/t9-,10-;;/m0../s1. The van der Waals surface area contributed by atoms with E-state index in [1.807, 2.05) is 0 Å². The Morgan fingerprint density at radius 3 is 2.17 bits per heavy atom. The van der Waals surface area contributed by atoms with Gasteiger partial charge in [-0.05, 0) is 0 Å². The summed E-state index contributed by atoms with van der Waals surface area (Å²) in [5.74, 6) is 2.73. The molecule has 1 nitrogen and oxygen atoms in total. The largest absolute Gasteiger partial charge is 1.00 e. The molecule has 0 unspecified atom stereocenters. The Bertz CT molecular complexity index is 96.0. The molecule has 1 aliphatic carbocycles. The van der Waals surface area contributed by atoms with E-state index in [4.69, 9.17) is 0 Å². The van der Waals surface area contributed by atoms with Gasteiger partial charge in [0.1, 0.15) is 0 Å². The van der Waals surface area contributed by atoms with Crippen molar-refractivity contribution in [3.8, 4) is 0 Å². The van der Waals surface area contributed by atoms with Crippen molar-refractivity contribution in [2.75, 3.05) is 0 Å². The molecule has 2 heteroatoms. The molecule has 0 heterocycles. The molecule has 0 saturated heterocycles. The molecule has 0 spiro atoms. The minimum Gasteiger partial charge on any atom is -0.870 e. The summed E-state index contributed by atoms with van der Waals surface area (Å²) in [6.45, 7) is 7.02. The maximum absolute atomic E-state index is 2.53. The van der Waals surface area contributed by atoms with Gasteiger partial charge in [0.2, 0.25) is 0 Å². The van der Waals surface area contributed by atoms with Crippen LogP contribution in [-0.4, -0.2) is 5.48 Å². The van der Waals surface area contributed by atoms with E-state index in [1.54, 1.807) is 0 Å². The van der Waals surface area contributed by atoms with E-state index in [-0.39, 0.29) is 24.3 Å². The van der Waals surface area contributed by atoms with Gasteiger partial charge < -0.3 is 11.9 Å². The number of rotatable bonds is 1. The van der Waals surface area contributed by atoms with Gasteiger partial charge in [0.25, 0.3) is 0 Å². The fourth-order valence-corrected chi connectivity index (χ4v) is 1.73. The zero-order valence-corrected chi connectivity index (χ0v) is 8.88. The molecule has 0 aromatic carbocycles. The van der Waals surface area contributed by atoms with E-state index in [9.17, 15) is 0 Å².